The molecule has 0 aliphatic carbocycles. The minimum atomic E-state index is -0.265. The number of benzene rings is 1. The van der Waals surface area contributed by atoms with Crippen LogP contribution in [-0.4, -0.2) is 23.0 Å². The Hall–Kier alpha value is -2.93. The Labute approximate surface area is 149 Å². The fourth-order valence-corrected chi connectivity index (χ4v) is 2.76. The molecule has 0 aliphatic heterocycles. The second-order valence-electron chi connectivity index (χ2n) is 5.18. The first-order valence-electron chi connectivity index (χ1n) is 7.60. The number of aromatic nitrogens is 2. The van der Waals surface area contributed by atoms with Crippen molar-refractivity contribution >= 4 is 23.1 Å². The van der Waals surface area contributed by atoms with E-state index in [4.69, 9.17) is 9.47 Å². The van der Waals surface area contributed by atoms with Crippen LogP contribution in [0.3, 0.4) is 0 Å². The molecule has 0 aliphatic rings. The third-order valence-corrected chi connectivity index (χ3v) is 4.21. The van der Waals surface area contributed by atoms with Crippen molar-refractivity contribution in [1.82, 2.24) is 9.97 Å². The zero-order valence-corrected chi connectivity index (χ0v) is 14.7. The van der Waals surface area contributed by atoms with E-state index in [1.54, 1.807) is 53.9 Å². The molecule has 2 aromatic heterocycles. The molecular formula is C18H17N3O3S. The van der Waals surface area contributed by atoms with Crippen LogP contribution in [0.1, 0.15) is 21.1 Å². The van der Waals surface area contributed by atoms with E-state index in [0.717, 1.165) is 10.7 Å². The first-order chi connectivity index (χ1) is 12.2. The van der Waals surface area contributed by atoms with Gasteiger partial charge in [-0.15, -0.1) is 11.3 Å². The van der Waals surface area contributed by atoms with Crippen molar-refractivity contribution in [2.75, 3.05) is 12.4 Å². The number of carbonyl (C=O) groups excluding carboxylic acids is 1. The molecule has 128 valence electrons. The van der Waals surface area contributed by atoms with Gasteiger partial charge in [0.05, 0.1) is 17.8 Å². The summed E-state index contributed by atoms with van der Waals surface area (Å²) >= 11 is 1.59. The number of hydrogen-bond acceptors (Lipinski definition) is 6. The van der Waals surface area contributed by atoms with Gasteiger partial charge < -0.3 is 14.8 Å². The van der Waals surface area contributed by atoms with Gasteiger partial charge in [0.25, 0.3) is 5.91 Å². The SMILES string of the molecule is COc1cccnc1NC(=O)c1ccc(OCc2csc(C)n2)cc1. The van der Waals surface area contributed by atoms with Crippen LogP contribution in [0.2, 0.25) is 0 Å². The van der Waals surface area contributed by atoms with Gasteiger partial charge in [-0.05, 0) is 43.3 Å². The van der Waals surface area contributed by atoms with E-state index in [-0.39, 0.29) is 5.91 Å². The molecule has 0 radical (unpaired) electrons. The molecule has 1 aromatic carbocycles. The van der Waals surface area contributed by atoms with E-state index in [1.165, 1.54) is 7.11 Å². The predicted octanol–water partition coefficient (Wildman–Crippen LogP) is 3.69. The number of thiazole rings is 1. The van der Waals surface area contributed by atoms with Gasteiger partial charge in [-0.2, -0.15) is 0 Å². The molecule has 1 N–H and O–H groups in total. The molecule has 0 fully saturated rings. The van der Waals surface area contributed by atoms with Crippen molar-refractivity contribution in [3.8, 4) is 11.5 Å². The second-order valence-corrected chi connectivity index (χ2v) is 6.24. The van der Waals surface area contributed by atoms with Crippen LogP contribution in [0.25, 0.3) is 0 Å². The van der Waals surface area contributed by atoms with Crippen LogP contribution in [-0.2, 0) is 6.61 Å². The summed E-state index contributed by atoms with van der Waals surface area (Å²) in [5.74, 6) is 1.31. The highest BCUT2D eigenvalue weighted by molar-refractivity contribution is 7.09. The fraction of sp³-hybridized carbons (Fsp3) is 0.167. The number of nitrogens with one attached hydrogen (secondary N) is 1. The van der Waals surface area contributed by atoms with Crippen LogP contribution in [0.5, 0.6) is 11.5 Å². The summed E-state index contributed by atoms with van der Waals surface area (Å²) in [6, 6.07) is 10.4. The molecule has 2 heterocycles. The Kier molecular flexibility index (Phi) is 5.25. The molecule has 0 unspecified atom stereocenters. The maximum Gasteiger partial charge on any atom is 0.256 e. The van der Waals surface area contributed by atoms with Crippen molar-refractivity contribution in [3.05, 3.63) is 64.2 Å². The summed E-state index contributed by atoms with van der Waals surface area (Å²) in [6.07, 6.45) is 1.59. The van der Waals surface area contributed by atoms with E-state index in [0.29, 0.717) is 29.5 Å². The van der Waals surface area contributed by atoms with Gasteiger partial charge in [-0.25, -0.2) is 9.97 Å². The third kappa shape index (κ3) is 4.33. The predicted molar refractivity (Wildman–Crippen MR) is 96.4 cm³/mol. The van der Waals surface area contributed by atoms with Crippen LogP contribution in [0.15, 0.2) is 48.0 Å². The smallest absolute Gasteiger partial charge is 0.256 e. The van der Waals surface area contributed by atoms with E-state index in [9.17, 15) is 4.79 Å². The van der Waals surface area contributed by atoms with Gasteiger partial charge in [0.2, 0.25) is 0 Å². The van der Waals surface area contributed by atoms with Gasteiger partial charge >= 0.3 is 0 Å². The highest BCUT2D eigenvalue weighted by atomic mass is 32.1. The van der Waals surface area contributed by atoms with Crippen molar-refractivity contribution in [2.45, 2.75) is 13.5 Å². The Morgan fingerprint density at radius 2 is 2.04 bits per heavy atom. The lowest BCUT2D eigenvalue weighted by atomic mass is 10.2. The number of pyridine rings is 1. The van der Waals surface area contributed by atoms with Gasteiger partial charge in [0.15, 0.2) is 11.6 Å². The molecule has 1 amide bonds. The summed E-state index contributed by atoms with van der Waals surface area (Å²) < 4.78 is 10.8. The van der Waals surface area contributed by atoms with Crippen LogP contribution in [0.4, 0.5) is 5.82 Å². The normalized spacial score (nSPS) is 10.3. The molecule has 6 nitrogen and oxygen atoms in total. The van der Waals surface area contributed by atoms with Gasteiger partial charge in [-0.1, -0.05) is 0 Å². The quantitative estimate of drug-likeness (QED) is 0.730. The van der Waals surface area contributed by atoms with Crippen molar-refractivity contribution < 1.29 is 14.3 Å². The Balaban J connectivity index is 1.62. The van der Waals surface area contributed by atoms with E-state index in [1.807, 2.05) is 12.3 Å². The standard InChI is InChI=1S/C18H17N3O3S/c1-12-20-14(11-25-12)10-24-15-7-5-13(6-8-15)18(22)21-17-16(23-2)4-3-9-19-17/h3-9,11H,10H2,1-2H3,(H,19,21,22). The number of hydrogen-bond donors (Lipinski definition) is 1. The van der Waals surface area contributed by atoms with Crippen molar-refractivity contribution in [1.29, 1.82) is 0 Å². The second kappa shape index (κ2) is 7.76. The minimum absolute atomic E-state index is 0.265. The number of ether oxygens (including phenoxy) is 2. The monoisotopic (exact) mass is 355 g/mol. The average molecular weight is 355 g/mol. The van der Waals surface area contributed by atoms with Gasteiger partial charge in [-0.3, -0.25) is 4.79 Å². The molecule has 3 rings (SSSR count). The van der Waals surface area contributed by atoms with Crippen LogP contribution >= 0.6 is 11.3 Å². The zero-order chi connectivity index (χ0) is 17.6. The lowest BCUT2D eigenvalue weighted by Gasteiger charge is -2.09. The lowest BCUT2D eigenvalue weighted by Crippen LogP contribution is -2.13. The van der Waals surface area contributed by atoms with E-state index >= 15 is 0 Å². The number of nitrogens with zero attached hydrogens (tertiary/aromatic N) is 2. The van der Waals surface area contributed by atoms with E-state index < -0.39 is 0 Å². The number of carbonyl (C=O) groups is 1. The van der Waals surface area contributed by atoms with E-state index in [2.05, 4.69) is 15.3 Å². The van der Waals surface area contributed by atoms with Crippen LogP contribution in [0, 0.1) is 6.92 Å². The maximum absolute atomic E-state index is 12.3. The first kappa shape index (κ1) is 16.9. The Morgan fingerprint density at radius 3 is 2.72 bits per heavy atom. The molecular weight excluding hydrogens is 338 g/mol. The summed E-state index contributed by atoms with van der Waals surface area (Å²) in [5.41, 5.74) is 1.40. The molecule has 0 saturated carbocycles. The average Bonchev–Trinajstić information content (AvgIpc) is 3.06. The summed E-state index contributed by atoms with van der Waals surface area (Å²) in [4.78, 5) is 20.8. The minimum Gasteiger partial charge on any atom is -0.493 e. The van der Waals surface area contributed by atoms with Crippen LogP contribution < -0.4 is 14.8 Å². The Morgan fingerprint density at radius 1 is 1.24 bits per heavy atom. The van der Waals surface area contributed by atoms with Gasteiger partial charge in [0.1, 0.15) is 12.4 Å². The van der Waals surface area contributed by atoms with Crippen molar-refractivity contribution in [3.63, 3.8) is 0 Å². The van der Waals surface area contributed by atoms with Gasteiger partial charge in [0, 0.05) is 17.1 Å². The molecule has 7 heteroatoms. The zero-order valence-electron chi connectivity index (χ0n) is 13.9. The summed E-state index contributed by atoms with van der Waals surface area (Å²) in [7, 11) is 1.53. The molecule has 25 heavy (non-hydrogen) atoms. The van der Waals surface area contributed by atoms with Crippen molar-refractivity contribution in [2.24, 2.45) is 0 Å². The highest BCUT2D eigenvalue weighted by Gasteiger charge is 2.10. The number of amides is 1. The molecule has 3 aromatic rings. The summed E-state index contributed by atoms with van der Waals surface area (Å²) in [6.45, 7) is 2.36. The number of methoxy groups -OCH3 is 1. The topological polar surface area (TPSA) is 73.3 Å². The number of aryl methyl sites for hydroxylation is 1. The fourth-order valence-electron chi connectivity index (χ4n) is 2.16. The molecule has 0 spiro atoms. The maximum atomic E-state index is 12.3. The molecule has 0 bridgehead atoms. The largest absolute Gasteiger partial charge is 0.493 e. The number of anilines is 1. The third-order valence-electron chi connectivity index (χ3n) is 3.39. The first-order valence-corrected chi connectivity index (χ1v) is 8.48. The molecule has 0 atom stereocenters. The molecule has 0 saturated heterocycles. The number of rotatable bonds is 6. The highest BCUT2D eigenvalue weighted by Crippen LogP contribution is 2.21. The Bertz CT molecular complexity index is 862. The summed E-state index contributed by atoms with van der Waals surface area (Å²) in [5, 5.41) is 5.71. The lowest BCUT2D eigenvalue weighted by molar-refractivity contribution is 0.102.